The Morgan fingerprint density at radius 2 is 2.00 bits per heavy atom. The average molecular weight is 140 g/mol. The summed E-state index contributed by atoms with van der Waals surface area (Å²) in [7, 11) is 0. The van der Waals surface area contributed by atoms with Crippen LogP contribution in [0.5, 0.6) is 0 Å². The van der Waals surface area contributed by atoms with Crippen molar-refractivity contribution in [2.75, 3.05) is 0 Å². The van der Waals surface area contributed by atoms with Crippen molar-refractivity contribution < 1.29 is 5.11 Å². The number of allylic oxidation sites excluding steroid dienone is 1. The molecule has 0 bridgehead atoms. The summed E-state index contributed by atoms with van der Waals surface area (Å²) in [5, 5.41) is 9.77. The van der Waals surface area contributed by atoms with Crippen molar-refractivity contribution in [1.82, 2.24) is 0 Å². The van der Waals surface area contributed by atoms with Gasteiger partial charge >= 0.3 is 0 Å². The molecular formula is C9H16O. The van der Waals surface area contributed by atoms with Crippen LogP contribution in [0, 0.1) is 0 Å². The maximum absolute atomic E-state index is 9.77. The van der Waals surface area contributed by atoms with E-state index >= 15 is 0 Å². The molecule has 0 aromatic rings. The largest absolute Gasteiger partial charge is 0.390 e. The molecule has 1 aliphatic rings. The van der Waals surface area contributed by atoms with Crippen molar-refractivity contribution >= 4 is 0 Å². The van der Waals surface area contributed by atoms with Gasteiger partial charge in [-0.3, -0.25) is 0 Å². The van der Waals surface area contributed by atoms with E-state index in [0.717, 1.165) is 19.3 Å². The zero-order chi connectivity index (χ0) is 7.45. The Morgan fingerprint density at radius 1 is 1.40 bits per heavy atom. The van der Waals surface area contributed by atoms with Crippen molar-refractivity contribution in [3.8, 4) is 0 Å². The molecule has 58 valence electrons. The molecule has 0 atom stereocenters. The number of rotatable bonds is 2. The summed E-state index contributed by atoms with van der Waals surface area (Å²) in [5.74, 6) is 0. The SMILES string of the molecule is CC=CCC1(O)CCCC1. The van der Waals surface area contributed by atoms with E-state index in [1.807, 2.05) is 13.0 Å². The quantitative estimate of drug-likeness (QED) is 0.583. The zero-order valence-corrected chi connectivity index (χ0v) is 6.64. The van der Waals surface area contributed by atoms with Gasteiger partial charge in [-0.2, -0.15) is 0 Å². The molecule has 1 rings (SSSR count). The van der Waals surface area contributed by atoms with Crippen LogP contribution in [0.25, 0.3) is 0 Å². The smallest absolute Gasteiger partial charge is 0.0682 e. The third kappa shape index (κ3) is 1.84. The van der Waals surface area contributed by atoms with E-state index in [0.29, 0.717) is 0 Å². The fourth-order valence-corrected chi connectivity index (χ4v) is 1.57. The van der Waals surface area contributed by atoms with Crippen molar-refractivity contribution in [2.45, 2.75) is 44.6 Å². The lowest BCUT2D eigenvalue weighted by Gasteiger charge is -2.19. The number of aliphatic hydroxyl groups is 1. The van der Waals surface area contributed by atoms with Crippen molar-refractivity contribution in [3.05, 3.63) is 12.2 Å². The summed E-state index contributed by atoms with van der Waals surface area (Å²) >= 11 is 0. The van der Waals surface area contributed by atoms with Crippen LogP contribution in [0.3, 0.4) is 0 Å². The molecule has 10 heavy (non-hydrogen) atoms. The first kappa shape index (κ1) is 7.80. The van der Waals surface area contributed by atoms with Crippen molar-refractivity contribution in [3.63, 3.8) is 0 Å². The predicted octanol–water partition coefficient (Wildman–Crippen LogP) is 2.26. The lowest BCUT2D eigenvalue weighted by molar-refractivity contribution is 0.0509. The Labute approximate surface area is 62.8 Å². The molecule has 0 aromatic heterocycles. The highest BCUT2D eigenvalue weighted by atomic mass is 16.3. The summed E-state index contributed by atoms with van der Waals surface area (Å²) in [5.41, 5.74) is -0.341. The van der Waals surface area contributed by atoms with Gasteiger partial charge in [0.05, 0.1) is 5.60 Å². The summed E-state index contributed by atoms with van der Waals surface area (Å²) in [4.78, 5) is 0. The van der Waals surface area contributed by atoms with E-state index in [1.54, 1.807) is 0 Å². The van der Waals surface area contributed by atoms with E-state index in [9.17, 15) is 5.11 Å². The Bertz CT molecular complexity index is 121. The summed E-state index contributed by atoms with van der Waals surface area (Å²) in [6.45, 7) is 2.00. The summed E-state index contributed by atoms with van der Waals surface area (Å²) in [6.07, 6.45) is 9.32. The van der Waals surface area contributed by atoms with Gasteiger partial charge in [0.25, 0.3) is 0 Å². The third-order valence-corrected chi connectivity index (χ3v) is 2.27. The normalized spacial score (nSPS) is 24.2. The first-order valence-electron chi connectivity index (χ1n) is 4.10. The van der Waals surface area contributed by atoms with E-state index < -0.39 is 0 Å². The van der Waals surface area contributed by atoms with Crippen LogP contribution in [0.4, 0.5) is 0 Å². The van der Waals surface area contributed by atoms with Crippen LogP contribution in [0.2, 0.25) is 0 Å². The van der Waals surface area contributed by atoms with Crippen LogP contribution in [0.1, 0.15) is 39.0 Å². The summed E-state index contributed by atoms with van der Waals surface area (Å²) < 4.78 is 0. The molecule has 0 aromatic carbocycles. The zero-order valence-electron chi connectivity index (χ0n) is 6.64. The maximum atomic E-state index is 9.77. The molecule has 0 spiro atoms. The molecule has 1 N–H and O–H groups in total. The van der Waals surface area contributed by atoms with Crippen LogP contribution in [0.15, 0.2) is 12.2 Å². The van der Waals surface area contributed by atoms with E-state index in [1.165, 1.54) is 12.8 Å². The molecular weight excluding hydrogens is 124 g/mol. The molecule has 0 amide bonds. The second-order valence-corrected chi connectivity index (χ2v) is 3.20. The standard InChI is InChI=1S/C9H16O/c1-2-3-6-9(10)7-4-5-8-9/h2-3,10H,4-8H2,1H3. The minimum atomic E-state index is -0.341. The van der Waals surface area contributed by atoms with Gasteiger partial charge in [-0.25, -0.2) is 0 Å². The van der Waals surface area contributed by atoms with Crippen molar-refractivity contribution in [1.29, 1.82) is 0 Å². The molecule has 1 saturated carbocycles. The first-order valence-corrected chi connectivity index (χ1v) is 4.10. The third-order valence-electron chi connectivity index (χ3n) is 2.27. The van der Waals surface area contributed by atoms with E-state index in [-0.39, 0.29) is 5.60 Å². The highest BCUT2D eigenvalue weighted by Gasteiger charge is 2.29. The molecule has 1 heteroatoms. The highest BCUT2D eigenvalue weighted by molar-refractivity contribution is 4.92. The Balaban J connectivity index is 2.35. The van der Waals surface area contributed by atoms with Gasteiger partial charge in [-0.05, 0) is 26.2 Å². The Morgan fingerprint density at radius 3 is 2.50 bits per heavy atom. The van der Waals surface area contributed by atoms with E-state index in [2.05, 4.69) is 6.08 Å². The van der Waals surface area contributed by atoms with Crippen LogP contribution >= 0.6 is 0 Å². The molecule has 0 aliphatic heterocycles. The van der Waals surface area contributed by atoms with Gasteiger partial charge in [-0.15, -0.1) is 0 Å². The first-order chi connectivity index (χ1) is 4.77. The number of hydrogen-bond donors (Lipinski definition) is 1. The van der Waals surface area contributed by atoms with Gasteiger partial charge in [0.1, 0.15) is 0 Å². The van der Waals surface area contributed by atoms with Gasteiger partial charge < -0.3 is 5.11 Å². The summed E-state index contributed by atoms with van der Waals surface area (Å²) in [6, 6.07) is 0. The minimum absolute atomic E-state index is 0.341. The van der Waals surface area contributed by atoms with Crippen LogP contribution in [-0.2, 0) is 0 Å². The molecule has 1 fully saturated rings. The molecule has 0 unspecified atom stereocenters. The fourth-order valence-electron chi connectivity index (χ4n) is 1.57. The van der Waals surface area contributed by atoms with Crippen LogP contribution < -0.4 is 0 Å². The second kappa shape index (κ2) is 3.20. The lowest BCUT2D eigenvalue weighted by Crippen LogP contribution is -2.22. The lowest BCUT2D eigenvalue weighted by atomic mass is 9.98. The van der Waals surface area contributed by atoms with Gasteiger partial charge in [0.15, 0.2) is 0 Å². The minimum Gasteiger partial charge on any atom is -0.390 e. The Kier molecular flexibility index (Phi) is 2.50. The molecule has 0 saturated heterocycles. The fraction of sp³-hybridized carbons (Fsp3) is 0.778. The van der Waals surface area contributed by atoms with Crippen molar-refractivity contribution in [2.24, 2.45) is 0 Å². The topological polar surface area (TPSA) is 20.2 Å². The predicted molar refractivity (Wildman–Crippen MR) is 42.8 cm³/mol. The Hall–Kier alpha value is -0.300. The van der Waals surface area contributed by atoms with Gasteiger partial charge in [-0.1, -0.05) is 25.0 Å². The van der Waals surface area contributed by atoms with Crippen LogP contribution in [-0.4, -0.2) is 10.7 Å². The monoisotopic (exact) mass is 140 g/mol. The van der Waals surface area contributed by atoms with Gasteiger partial charge in [0.2, 0.25) is 0 Å². The number of hydrogen-bond acceptors (Lipinski definition) is 1. The second-order valence-electron chi connectivity index (χ2n) is 3.20. The average Bonchev–Trinajstić information content (AvgIpc) is 2.33. The maximum Gasteiger partial charge on any atom is 0.0682 e. The molecule has 0 heterocycles. The molecule has 0 radical (unpaired) electrons. The molecule has 1 aliphatic carbocycles. The van der Waals surface area contributed by atoms with Gasteiger partial charge in [0, 0.05) is 0 Å². The molecule has 1 nitrogen and oxygen atoms in total. The van der Waals surface area contributed by atoms with E-state index in [4.69, 9.17) is 0 Å². The highest BCUT2D eigenvalue weighted by Crippen LogP contribution is 2.32.